The van der Waals surface area contributed by atoms with Gasteiger partial charge in [-0.1, -0.05) is 44.2 Å². The van der Waals surface area contributed by atoms with Gasteiger partial charge in [-0.15, -0.1) is 0 Å². The summed E-state index contributed by atoms with van der Waals surface area (Å²) in [4.78, 5) is 30.4. The maximum atomic E-state index is 11.9. The normalized spacial score (nSPS) is 14.9. The highest BCUT2D eigenvalue weighted by Gasteiger charge is 2.34. The number of benzene rings is 1. The van der Waals surface area contributed by atoms with Crippen molar-refractivity contribution in [2.45, 2.75) is 32.1 Å². The Morgan fingerprint density at radius 2 is 1.85 bits per heavy atom. The van der Waals surface area contributed by atoms with Crippen molar-refractivity contribution in [2.24, 2.45) is 11.7 Å². The molecule has 0 aliphatic heterocycles. The van der Waals surface area contributed by atoms with Gasteiger partial charge in [-0.05, 0) is 17.9 Å². The number of hydrogen-bond acceptors (Lipinski definition) is 3. The van der Waals surface area contributed by atoms with Crippen LogP contribution >= 0.6 is 7.60 Å². The van der Waals surface area contributed by atoms with E-state index in [4.69, 9.17) is 5.73 Å². The molecular weight excluding hydrogens is 279 g/mol. The lowest BCUT2D eigenvalue weighted by Gasteiger charge is -2.24. The van der Waals surface area contributed by atoms with Crippen molar-refractivity contribution in [2.75, 3.05) is 0 Å². The Kier molecular flexibility index (Phi) is 5.89. The van der Waals surface area contributed by atoms with Gasteiger partial charge in [-0.25, -0.2) is 0 Å². The Balaban J connectivity index is 2.67. The smallest absolute Gasteiger partial charge is 0.340 e. The van der Waals surface area contributed by atoms with Gasteiger partial charge < -0.3 is 20.8 Å². The highest BCUT2D eigenvalue weighted by molar-refractivity contribution is 7.52. The van der Waals surface area contributed by atoms with Crippen LogP contribution in [0.25, 0.3) is 0 Å². The summed E-state index contributed by atoms with van der Waals surface area (Å²) in [6.45, 7) is 3.26. The van der Waals surface area contributed by atoms with Crippen LogP contribution in [0.15, 0.2) is 30.3 Å². The van der Waals surface area contributed by atoms with E-state index in [0.717, 1.165) is 5.56 Å². The van der Waals surface area contributed by atoms with Crippen LogP contribution in [-0.2, 0) is 15.8 Å². The number of carbonyl (C=O) groups is 1. The van der Waals surface area contributed by atoms with Crippen molar-refractivity contribution < 1.29 is 19.1 Å². The van der Waals surface area contributed by atoms with E-state index in [1.165, 1.54) is 0 Å². The maximum Gasteiger partial charge on any atom is 0.347 e. The molecule has 0 aliphatic carbocycles. The Labute approximate surface area is 118 Å². The standard InChI is InChI=1S/C13H21N2O4P/c1-9(2)13(20(17,18)19)15-12(16)11(14)8-10-6-4-3-5-7-10/h3-7,9,11,13H,8,14H2,1-2H3,(H,15,16)(H2,17,18,19)/t11-,13-/m0/s1. The molecule has 112 valence electrons. The Bertz CT molecular complexity index is 486. The third-order valence-electron chi connectivity index (χ3n) is 2.92. The number of amides is 1. The minimum Gasteiger partial charge on any atom is -0.340 e. The van der Waals surface area contributed by atoms with Crippen molar-refractivity contribution in [3.8, 4) is 0 Å². The summed E-state index contributed by atoms with van der Waals surface area (Å²) in [5.41, 5.74) is 6.67. The van der Waals surface area contributed by atoms with Crippen LogP contribution in [0.2, 0.25) is 0 Å². The molecule has 1 aromatic rings. The highest BCUT2D eigenvalue weighted by Crippen LogP contribution is 2.43. The van der Waals surface area contributed by atoms with E-state index in [9.17, 15) is 19.1 Å². The molecule has 0 unspecified atom stereocenters. The molecule has 6 nitrogen and oxygen atoms in total. The second-order valence-corrected chi connectivity index (χ2v) is 6.82. The second kappa shape index (κ2) is 6.99. The molecule has 1 amide bonds. The number of carbonyl (C=O) groups excluding carboxylic acids is 1. The van der Waals surface area contributed by atoms with Gasteiger partial charge in [-0.3, -0.25) is 9.36 Å². The quantitative estimate of drug-likeness (QED) is 0.581. The molecule has 0 heterocycles. The first-order valence-corrected chi connectivity index (χ1v) is 8.05. The Hall–Kier alpha value is -1.20. The van der Waals surface area contributed by atoms with Crippen LogP contribution in [0.1, 0.15) is 19.4 Å². The SMILES string of the molecule is CC(C)[C@@H](NC(=O)[C@@H](N)Cc1ccccc1)P(=O)(O)O. The summed E-state index contributed by atoms with van der Waals surface area (Å²) in [6.07, 6.45) is 0.318. The topological polar surface area (TPSA) is 113 Å². The van der Waals surface area contributed by atoms with Crippen molar-refractivity contribution in [1.82, 2.24) is 5.32 Å². The van der Waals surface area contributed by atoms with E-state index in [1.54, 1.807) is 13.8 Å². The molecule has 0 radical (unpaired) electrons. The van der Waals surface area contributed by atoms with E-state index < -0.39 is 25.3 Å². The van der Waals surface area contributed by atoms with Gasteiger partial charge >= 0.3 is 7.60 Å². The zero-order chi connectivity index (χ0) is 15.3. The maximum absolute atomic E-state index is 11.9. The van der Waals surface area contributed by atoms with Crippen LogP contribution in [0.3, 0.4) is 0 Å². The fourth-order valence-corrected chi connectivity index (χ4v) is 2.92. The molecule has 20 heavy (non-hydrogen) atoms. The fraction of sp³-hybridized carbons (Fsp3) is 0.462. The van der Waals surface area contributed by atoms with Crippen LogP contribution in [0, 0.1) is 5.92 Å². The average Bonchev–Trinajstić information content (AvgIpc) is 2.34. The molecule has 0 bridgehead atoms. The fourth-order valence-electron chi connectivity index (χ4n) is 1.85. The lowest BCUT2D eigenvalue weighted by Crippen LogP contribution is -2.47. The predicted octanol–water partition coefficient (Wildman–Crippen LogP) is 0.832. The van der Waals surface area contributed by atoms with Crippen molar-refractivity contribution in [3.63, 3.8) is 0 Å². The van der Waals surface area contributed by atoms with Gasteiger partial charge in [-0.2, -0.15) is 0 Å². The predicted molar refractivity (Wildman–Crippen MR) is 76.9 cm³/mol. The van der Waals surface area contributed by atoms with Crippen LogP contribution < -0.4 is 11.1 Å². The van der Waals surface area contributed by atoms with Crippen LogP contribution in [-0.4, -0.2) is 27.5 Å². The summed E-state index contributed by atoms with van der Waals surface area (Å²) < 4.78 is 11.3. The zero-order valence-corrected chi connectivity index (χ0v) is 12.5. The van der Waals surface area contributed by atoms with Gasteiger partial charge in [0, 0.05) is 0 Å². The van der Waals surface area contributed by atoms with E-state index in [1.807, 2.05) is 30.3 Å². The number of nitrogens with one attached hydrogen (secondary N) is 1. The minimum atomic E-state index is -4.40. The summed E-state index contributed by atoms with van der Waals surface area (Å²) in [5, 5.41) is 2.35. The summed E-state index contributed by atoms with van der Waals surface area (Å²) in [5.74, 6) is -2.16. The number of rotatable bonds is 6. The van der Waals surface area contributed by atoms with Crippen LogP contribution in [0.5, 0.6) is 0 Å². The van der Waals surface area contributed by atoms with E-state index in [2.05, 4.69) is 5.32 Å². The lowest BCUT2D eigenvalue weighted by atomic mass is 10.1. The molecule has 0 aromatic heterocycles. The van der Waals surface area contributed by atoms with E-state index in [0.29, 0.717) is 6.42 Å². The van der Waals surface area contributed by atoms with Gasteiger partial charge in [0.1, 0.15) is 5.78 Å². The zero-order valence-electron chi connectivity index (χ0n) is 11.6. The molecule has 0 aliphatic rings. The third-order valence-corrected chi connectivity index (χ3v) is 4.37. The van der Waals surface area contributed by atoms with E-state index in [-0.39, 0.29) is 5.92 Å². The van der Waals surface area contributed by atoms with Crippen molar-refractivity contribution in [1.29, 1.82) is 0 Å². The third kappa shape index (κ3) is 5.06. The van der Waals surface area contributed by atoms with Gasteiger partial charge in [0.25, 0.3) is 0 Å². The summed E-state index contributed by atoms with van der Waals surface area (Å²) in [7, 11) is -4.40. The minimum absolute atomic E-state index is 0.318. The second-order valence-electron chi connectivity index (χ2n) is 5.08. The Morgan fingerprint density at radius 1 is 1.30 bits per heavy atom. The van der Waals surface area contributed by atoms with Crippen LogP contribution in [0.4, 0.5) is 0 Å². The Morgan fingerprint density at radius 3 is 2.30 bits per heavy atom. The van der Waals surface area contributed by atoms with Gasteiger partial charge in [0.2, 0.25) is 5.91 Å². The molecule has 0 fully saturated rings. The lowest BCUT2D eigenvalue weighted by molar-refractivity contribution is -0.122. The summed E-state index contributed by atoms with van der Waals surface area (Å²) in [6, 6.07) is 8.38. The molecule has 5 N–H and O–H groups in total. The molecule has 0 saturated carbocycles. The van der Waals surface area contributed by atoms with Gasteiger partial charge in [0.05, 0.1) is 6.04 Å². The average molecular weight is 300 g/mol. The van der Waals surface area contributed by atoms with Crippen molar-refractivity contribution in [3.05, 3.63) is 35.9 Å². The molecule has 7 heteroatoms. The number of hydrogen-bond donors (Lipinski definition) is 4. The first kappa shape index (κ1) is 16.9. The first-order valence-electron chi connectivity index (χ1n) is 6.37. The van der Waals surface area contributed by atoms with Crippen molar-refractivity contribution >= 4 is 13.5 Å². The molecule has 0 saturated heterocycles. The van der Waals surface area contributed by atoms with Gasteiger partial charge in [0.15, 0.2) is 0 Å². The first-order chi connectivity index (χ1) is 9.21. The molecule has 0 spiro atoms. The monoisotopic (exact) mass is 300 g/mol. The highest BCUT2D eigenvalue weighted by atomic mass is 31.2. The number of nitrogens with two attached hydrogens (primary N) is 1. The molecule has 2 atom stereocenters. The molecule has 1 rings (SSSR count). The molecule has 1 aromatic carbocycles. The molecular formula is C13H21N2O4P. The summed E-state index contributed by atoms with van der Waals surface area (Å²) >= 11 is 0. The largest absolute Gasteiger partial charge is 0.347 e. The van der Waals surface area contributed by atoms with E-state index >= 15 is 0 Å².